The Labute approximate surface area is 153 Å². The van der Waals surface area contributed by atoms with Gasteiger partial charge in [-0.3, -0.25) is 4.68 Å². The summed E-state index contributed by atoms with van der Waals surface area (Å²) in [6, 6.07) is 4.31. The van der Waals surface area contributed by atoms with Crippen LogP contribution in [0.15, 0.2) is 23.1 Å². The van der Waals surface area contributed by atoms with E-state index in [4.69, 9.17) is 23.2 Å². The second-order valence-electron chi connectivity index (χ2n) is 6.06. The predicted octanol–water partition coefficient (Wildman–Crippen LogP) is 3.98. The molecule has 0 N–H and O–H groups in total. The molecule has 0 aliphatic heterocycles. The van der Waals surface area contributed by atoms with Crippen molar-refractivity contribution in [3.63, 3.8) is 0 Å². The SMILES string of the molecule is Cc1c(CN(C)S(=O)(=O)c2ccc(Cl)c(Cl)c2)c(C(C)C)nn1C. The van der Waals surface area contributed by atoms with Gasteiger partial charge in [0.15, 0.2) is 0 Å². The maximum atomic E-state index is 12.8. The molecule has 1 aromatic heterocycles. The smallest absolute Gasteiger partial charge is 0.243 e. The molecule has 0 bridgehead atoms. The van der Waals surface area contributed by atoms with E-state index < -0.39 is 10.0 Å². The molecule has 8 heteroatoms. The number of rotatable bonds is 5. The van der Waals surface area contributed by atoms with Gasteiger partial charge in [-0.2, -0.15) is 9.40 Å². The van der Waals surface area contributed by atoms with Gasteiger partial charge in [0.25, 0.3) is 0 Å². The Hall–Kier alpha value is -1.08. The number of aromatic nitrogens is 2. The van der Waals surface area contributed by atoms with Gasteiger partial charge in [-0.05, 0) is 31.0 Å². The molecule has 2 rings (SSSR count). The van der Waals surface area contributed by atoms with Crippen molar-refractivity contribution in [1.82, 2.24) is 14.1 Å². The standard InChI is InChI=1S/C16H21Cl2N3O2S/c1-10(2)16-13(11(3)21(5)19-16)9-20(4)24(22,23)12-6-7-14(17)15(18)8-12/h6-8,10H,9H2,1-5H3. The number of nitrogens with zero attached hydrogens (tertiary/aromatic N) is 3. The Morgan fingerprint density at radius 2 is 1.88 bits per heavy atom. The lowest BCUT2D eigenvalue weighted by Gasteiger charge is -2.19. The van der Waals surface area contributed by atoms with Crippen molar-refractivity contribution in [1.29, 1.82) is 0 Å². The summed E-state index contributed by atoms with van der Waals surface area (Å²) in [4.78, 5) is 0.118. The third-order valence-corrected chi connectivity index (χ3v) is 6.55. The number of hydrogen-bond acceptors (Lipinski definition) is 3. The van der Waals surface area contributed by atoms with Gasteiger partial charge >= 0.3 is 0 Å². The fraction of sp³-hybridized carbons (Fsp3) is 0.438. The van der Waals surface area contributed by atoms with Crippen molar-refractivity contribution in [3.05, 3.63) is 45.2 Å². The van der Waals surface area contributed by atoms with Crippen LogP contribution in [0.2, 0.25) is 10.0 Å². The van der Waals surface area contributed by atoms with Gasteiger partial charge in [0, 0.05) is 31.9 Å². The first kappa shape index (κ1) is 19.2. The van der Waals surface area contributed by atoms with Gasteiger partial charge in [0.05, 0.1) is 20.6 Å². The third kappa shape index (κ3) is 3.61. The molecule has 0 amide bonds. The number of benzene rings is 1. The van der Waals surface area contributed by atoms with Gasteiger partial charge in [-0.1, -0.05) is 37.0 Å². The van der Waals surface area contributed by atoms with E-state index in [2.05, 4.69) is 5.10 Å². The van der Waals surface area contributed by atoms with E-state index >= 15 is 0 Å². The highest BCUT2D eigenvalue weighted by atomic mass is 35.5. The van der Waals surface area contributed by atoms with Crippen LogP contribution in [0.3, 0.4) is 0 Å². The average molecular weight is 390 g/mol. The number of hydrogen-bond donors (Lipinski definition) is 0. The molecule has 1 aromatic carbocycles. The highest BCUT2D eigenvalue weighted by Gasteiger charge is 2.25. The lowest BCUT2D eigenvalue weighted by molar-refractivity contribution is 0.463. The predicted molar refractivity (Wildman–Crippen MR) is 97.1 cm³/mol. The molecule has 5 nitrogen and oxygen atoms in total. The van der Waals surface area contributed by atoms with E-state index in [9.17, 15) is 8.42 Å². The fourth-order valence-corrected chi connectivity index (χ4v) is 3.99. The topological polar surface area (TPSA) is 55.2 Å². The maximum Gasteiger partial charge on any atom is 0.243 e. The Morgan fingerprint density at radius 1 is 1.25 bits per heavy atom. The van der Waals surface area contributed by atoms with Gasteiger partial charge in [-0.25, -0.2) is 8.42 Å². The van der Waals surface area contributed by atoms with Crippen LogP contribution < -0.4 is 0 Å². The Morgan fingerprint density at radius 3 is 2.42 bits per heavy atom. The van der Waals surface area contributed by atoms with Crippen LogP contribution in [0.1, 0.15) is 36.7 Å². The Kier molecular flexibility index (Phi) is 5.64. The zero-order chi connectivity index (χ0) is 18.2. The fourth-order valence-electron chi connectivity index (χ4n) is 2.46. The molecule has 24 heavy (non-hydrogen) atoms. The molecule has 0 fully saturated rings. The molecule has 132 valence electrons. The molecule has 0 saturated heterocycles. The number of sulfonamides is 1. The van der Waals surface area contributed by atoms with Crippen LogP contribution >= 0.6 is 23.2 Å². The highest BCUT2D eigenvalue weighted by Crippen LogP contribution is 2.28. The molecule has 0 spiro atoms. The first-order valence-corrected chi connectivity index (χ1v) is 9.69. The molecule has 1 heterocycles. The van der Waals surface area contributed by atoms with E-state index in [1.165, 1.54) is 22.5 Å². The van der Waals surface area contributed by atoms with Crippen molar-refractivity contribution >= 4 is 33.2 Å². The van der Waals surface area contributed by atoms with Crippen molar-refractivity contribution < 1.29 is 8.42 Å². The molecule has 0 aliphatic carbocycles. The molecule has 0 saturated carbocycles. The number of aryl methyl sites for hydroxylation is 1. The van der Waals surface area contributed by atoms with Gasteiger partial charge in [0.2, 0.25) is 10.0 Å². The Bertz CT molecular complexity index is 860. The summed E-state index contributed by atoms with van der Waals surface area (Å²) in [5.41, 5.74) is 2.79. The minimum absolute atomic E-state index is 0.118. The molecule has 2 aromatic rings. The molecule has 0 radical (unpaired) electrons. The third-order valence-electron chi connectivity index (χ3n) is 4.02. The second kappa shape index (κ2) is 7.04. The van der Waals surface area contributed by atoms with Gasteiger partial charge < -0.3 is 0 Å². The first-order valence-electron chi connectivity index (χ1n) is 7.49. The largest absolute Gasteiger partial charge is 0.272 e. The summed E-state index contributed by atoms with van der Waals surface area (Å²) in [6.45, 7) is 6.26. The van der Waals surface area contributed by atoms with Crippen LogP contribution in [0.25, 0.3) is 0 Å². The van der Waals surface area contributed by atoms with Crippen LogP contribution in [-0.2, 0) is 23.6 Å². The summed E-state index contributed by atoms with van der Waals surface area (Å²) in [5.74, 6) is 0.209. The summed E-state index contributed by atoms with van der Waals surface area (Å²) < 4.78 is 28.7. The number of halogens is 2. The van der Waals surface area contributed by atoms with Crippen molar-refractivity contribution in [2.45, 2.75) is 38.1 Å². The minimum Gasteiger partial charge on any atom is -0.272 e. The first-order chi connectivity index (χ1) is 11.1. The molecule has 0 unspecified atom stereocenters. The van der Waals surface area contributed by atoms with Crippen LogP contribution in [0.4, 0.5) is 0 Å². The lowest BCUT2D eigenvalue weighted by Crippen LogP contribution is -2.27. The molecule has 0 aliphatic rings. The molecular weight excluding hydrogens is 369 g/mol. The van der Waals surface area contributed by atoms with E-state index in [0.717, 1.165) is 17.0 Å². The van der Waals surface area contributed by atoms with E-state index in [-0.39, 0.29) is 22.4 Å². The van der Waals surface area contributed by atoms with E-state index in [1.54, 1.807) is 11.7 Å². The quantitative estimate of drug-likeness (QED) is 0.776. The minimum atomic E-state index is -3.67. The van der Waals surface area contributed by atoms with Crippen LogP contribution in [0, 0.1) is 6.92 Å². The Balaban J connectivity index is 2.39. The summed E-state index contributed by atoms with van der Waals surface area (Å²) in [6.07, 6.45) is 0. The zero-order valence-electron chi connectivity index (χ0n) is 14.3. The maximum absolute atomic E-state index is 12.8. The van der Waals surface area contributed by atoms with Crippen molar-refractivity contribution in [2.75, 3.05) is 7.05 Å². The van der Waals surface area contributed by atoms with Gasteiger partial charge in [0.1, 0.15) is 0 Å². The summed E-state index contributed by atoms with van der Waals surface area (Å²) in [5, 5.41) is 5.04. The van der Waals surface area contributed by atoms with Crippen molar-refractivity contribution in [3.8, 4) is 0 Å². The highest BCUT2D eigenvalue weighted by molar-refractivity contribution is 7.89. The molecule has 0 atom stereocenters. The molecular formula is C16H21Cl2N3O2S. The van der Waals surface area contributed by atoms with Crippen molar-refractivity contribution in [2.24, 2.45) is 7.05 Å². The monoisotopic (exact) mass is 389 g/mol. The second-order valence-corrected chi connectivity index (χ2v) is 8.92. The summed E-state index contributed by atoms with van der Waals surface area (Å²) >= 11 is 11.8. The normalized spacial score (nSPS) is 12.4. The van der Waals surface area contributed by atoms with Crippen LogP contribution in [0.5, 0.6) is 0 Å². The lowest BCUT2D eigenvalue weighted by atomic mass is 10.0. The summed E-state index contributed by atoms with van der Waals surface area (Å²) in [7, 11) is -0.264. The van der Waals surface area contributed by atoms with Crippen LogP contribution in [-0.4, -0.2) is 29.6 Å². The van der Waals surface area contributed by atoms with Gasteiger partial charge in [-0.15, -0.1) is 0 Å². The average Bonchev–Trinajstić information content (AvgIpc) is 2.78. The van der Waals surface area contributed by atoms with E-state index in [0.29, 0.717) is 5.02 Å². The zero-order valence-corrected chi connectivity index (χ0v) is 16.7. The van der Waals surface area contributed by atoms with E-state index in [1.807, 2.05) is 27.8 Å².